The van der Waals surface area contributed by atoms with E-state index in [2.05, 4.69) is 15.2 Å². The quantitative estimate of drug-likeness (QED) is 0.902. The first-order valence-electron chi connectivity index (χ1n) is 6.51. The average molecular weight is 272 g/mol. The fourth-order valence-electron chi connectivity index (χ4n) is 2.71. The molecule has 0 aliphatic carbocycles. The van der Waals surface area contributed by atoms with Crippen molar-refractivity contribution in [1.29, 1.82) is 0 Å². The largest absolute Gasteiger partial charge is 0.481 e. The number of aromatic nitrogens is 3. The van der Waals surface area contributed by atoms with E-state index in [4.69, 9.17) is 0 Å². The smallest absolute Gasteiger partial charge is 0.312 e. The molecular weight excluding hydrogens is 256 g/mol. The lowest BCUT2D eigenvalue weighted by Gasteiger charge is -2.32. The van der Waals surface area contributed by atoms with Crippen LogP contribution in [0, 0.1) is 0 Å². The van der Waals surface area contributed by atoms with Gasteiger partial charge < -0.3 is 5.11 Å². The van der Waals surface area contributed by atoms with Crippen LogP contribution in [-0.2, 0) is 24.9 Å². The second kappa shape index (κ2) is 5.05. The van der Waals surface area contributed by atoms with Crippen LogP contribution >= 0.6 is 0 Å². The Hall–Kier alpha value is -2.21. The van der Waals surface area contributed by atoms with E-state index in [1.165, 1.54) is 0 Å². The molecule has 0 spiro atoms. The SMILES string of the molecule is Cn1cc(CN2Cc3ccccc3C(C(=O)O)C2)nn1. The van der Waals surface area contributed by atoms with E-state index in [0.29, 0.717) is 13.1 Å². The van der Waals surface area contributed by atoms with Crippen molar-refractivity contribution in [3.05, 3.63) is 47.3 Å². The maximum Gasteiger partial charge on any atom is 0.312 e. The number of carbonyl (C=O) groups is 1. The highest BCUT2D eigenvalue weighted by atomic mass is 16.4. The van der Waals surface area contributed by atoms with Crippen molar-refractivity contribution in [3.63, 3.8) is 0 Å². The van der Waals surface area contributed by atoms with Gasteiger partial charge in [0.05, 0.1) is 11.6 Å². The Balaban J connectivity index is 1.84. The van der Waals surface area contributed by atoms with Crippen molar-refractivity contribution in [2.45, 2.75) is 19.0 Å². The zero-order valence-electron chi connectivity index (χ0n) is 11.2. The molecule has 6 heteroatoms. The first kappa shape index (κ1) is 12.8. The van der Waals surface area contributed by atoms with E-state index in [9.17, 15) is 9.90 Å². The minimum Gasteiger partial charge on any atom is -0.481 e. The second-order valence-corrected chi connectivity index (χ2v) is 5.14. The molecule has 2 aromatic rings. The Morgan fingerprint density at radius 1 is 1.45 bits per heavy atom. The summed E-state index contributed by atoms with van der Waals surface area (Å²) in [5.41, 5.74) is 2.86. The van der Waals surface area contributed by atoms with Gasteiger partial charge in [0.15, 0.2) is 0 Å². The molecule has 6 nitrogen and oxygen atoms in total. The van der Waals surface area contributed by atoms with E-state index >= 15 is 0 Å². The number of carboxylic acid groups (broad SMARTS) is 1. The van der Waals surface area contributed by atoms with E-state index in [0.717, 1.165) is 23.4 Å². The van der Waals surface area contributed by atoms with Crippen LogP contribution in [0.3, 0.4) is 0 Å². The van der Waals surface area contributed by atoms with Gasteiger partial charge in [-0.3, -0.25) is 14.4 Å². The lowest BCUT2D eigenvalue weighted by molar-refractivity contribution is -0.139. The fraction of sp³-hybridized carbons (Fsp3) is 0.357. The summed E-state index contributed by atoms with van der Waals surface area (Å²) in [7, 11) is 1.82. The van der Waals surface area contributed by atoms with Crippen molar-refractivity contribution in [1.82, 2.24) is 19.9 Å². The maximum atomic E-state index is 11.5. The van der Waals surface area contributed by atoms with Gasteiger partial charge in [0.2, 0.25) is 0 Å². The van der Waals surface area contributed by atoms with Gasteiger partial charge in [-0.25, -0.2) is 0 Å². The van der Waals surface area contributed by atoms with Crippen LogP contribution in [0.25, 0.3) is 0 Å². The van der Waals surface area contributed by atoms with E-state index < -0.39 is 11.9 Å². The molecule has 1 aliphatic rings. The van der Waals surface area contributed by atoms with Gasteiger partial charge in [0.25, 0.3) is 0 Å². The summed E-state index contributed by atoms with van der Waals surface area (Å²) in [6.45, 7) is 1.87. The lowest BCUT2D eigenvalue weighted by Crippen LogP contribution is -2.36. The van der Waals surface area contributed by atoms with Crippen LogP contribution in [0.1, 0.15) is 22.7 Å². The molecule has 20 heavy (non-hydrogen) atoms. The number of aliphatic carboxylic acids is 1. The Kier molecular flexibility index (Phi) is 3.23. The molecule has 0 radical (unpaired) electrons. The van der Waals surface area contributed by atoms with E-state index in [1.54, 1.807) is 4.68 Å². The molecule has 0 saturated heterocycles. The third kappa shape index (κ3) is 2.42. The zero-order valence-corrected chi connectivity index (χ0v) is 11.2. The molecule has 1 aromatic carbocycles. The molecule has 1 aromatic heterocycles. The van der Waals surface area contributed by atoms with E-state index in [-0.39, 0.29) is 0 Å². The highest BCUT2D eigenvalue weighted by Crippen LogP contribution is 2.29. The average Bonchev–Trinajstić information content (AvgIpc) is 2.83. The number of rotatable bonds is 3. The van der Waals surface area contributed by atoms with Gasteiger partial charge in [-0.2, -0.15) is 0 Å². The lowest BCUT2D eigenvalue weighted by atomic mass is 9.90. The first-order chi connectivity index (χ1) is 9.63. The molecule has 1 N–H and O–H groups in total. The van der Waals surface area contributed by atoms with Crippen LogP contribution in [0.2, 0.25) is 0 Å². The Labute approximate surface area is 116 Å². The normalized spacial score (nSPS) is 18.8. The summed E-state index contributed by atoms with van der Waals surface area (Å²) in [5.74, 6) is -1.25. The van der Waals surface area contributed by atoms with Crippen LogP contribution in [0.5, 0.6) is 0 Å². The molecule has 3 rings (SSSR count). The molecule has 0 fully saturated rings. The standard InChI is InChI=1S/C14H16N4O2/c1-17-7-11(15-16-17)8-18-6-10-4-2-3-5-12(10)13(9-18)14(19)20/h2-5,7,13H,6,8-9H2,1H3,(H,19,20). The number of hydrogen-bond acceptors (Lipinski definition) is 4. The Morgan fingerprint density at radius 3 is 2.95 bits per heavy atom. The number of fused-ring (bicyclic) bond motifs is 1. The highest BCUT2D eigenvalue weighted by Gasteiger charge is 2.30. The summed E-state index contributed by atoms with van der Waals surface area (Å²) in [6.07, 6.45) is 1.86. The second-order valence-electron chi connectivity index (χ2n) is 5.14. The molecule has 0 saturated carbocycles. The third-order valence-corrected chi connectivity index (χ3v) is 3.60. The number of nitrogens with zero attached hydrogens (tertiary/aromatic N) is 4. The van der Waals surface area contributed by atoms with Gasteiger partial charge >= 0.3 is 5.97 Å². The van der Waals surface area contributed by atoms with Crippen molar-refractivity contribution in [3.8, 4) is 0 Å². The molecule has 1 unspecified atom stereocenters. The molecular formula is C14H16N4O2. The number of aryl methyl sites for hydroxylation is 1. The molecule has 2 heterocycles. The van der Waals surface area contributed by atoms with Crippen LogP contribution < -0.4 is 0 Å². The monoisotopic (exact) mass is 272 g/mol. The molecule has 0 amide bonds. The maximum absolute atomic E-state index is 11.5. The van der Waals surface area contributed by atoms with Crippen LogP contribution in [0.15, 0.2) is 30.5 Å². The van der Waals surface area contributed by atoms with E-state index in [1.807, 2.05) is 37.5 Å². The van der Waals surface area contributed by atoms with Gasteiger partial charge in [-0.1, -0.05) is 29.5 Å². The van der Waals surface area contributed by atoms with Crippen molar-refractivity contribution < 1.29 is 9.90 Å². The predicted octanol–water partition coefficient (Wildman–Crippen LogP) is 0.999. The fourth-order valence-corrected chi connectivity index (χ4v) is 2.71. The topological polar surface area (TPSA) is 71.2 Å². The van der Waals surface area contributed by atoms with Gasteiger partial charge in [-0.05, 0) is 11.1 Å². The summed E-state index contributed by atoms with van der Waals surface area (Å²) < 4.78 is 1.65. The summed E-state index contributed by atoms with van der Waals surface area (Å²) in [4.78, 5) is 13.6. The number of benzene rings is 1. The molecule has 1 atom stereocenters. The predicted molar refractivity (Wildman–Crippen MR) is 71.9 cm³/mol. The summed E-state index contributed by atoms with van der Waals surface area (Å²) in [6, 6.07) is 7.75. The van der Waals surface area contributed by atoms with Crippen LogP contribution in [0.4, 0.5) is 0 Å². The Morgan fingerprint density at radius 2 is 2.25 bits per heavy atom. The Bertz CT molecular complexity index is 638. The number of carboxylic acids is 1. The third-order valence-electron chi connectivity index (χ3n) is 3.60. The first-order valence-corrected chi connectivity index (χ1v) is 6.51. The summed E-state index contributed by atoms with van der Waals surface area (Å²) >= 11 is 0. The van der Waals surface area contributed by atoms with Gasteiger partial charge in [0, 0.05) is 32.9 Å². The van der Waals surface area contributed by atoms with Crippen molar-refractivity contribution in [2.75, 3.05) is 6.54 Å². The van der Waals surface area contributed by atoms with Crippen molar-refractivity contribution in [2.24, 2.45) is 7.05 Å². The minimum atomic E-state index is -0.777. The van der Waals surface area contributed by atoms with Crippen molar-refractivity contribution >= 4 is 5.97 Å². The molecule has 104 valence electrons. The summed E-state index contributed by atoms with van der Waals surface area (Å²) in [5, 5.41) is 17.4. The number of hydrogen-bond donors (Lipinski definition) is 1. The zero-order chi connectivity index (χ0) is 14.1. The molecule has 1 aliphatic heterocycles. The highest BCUT2D eigenvalue weighted by molar-refractivity contribution is 5.77. The minimum absolute atomic E-state index is 0.475. The van der Waals surface area contributed by atoms with Gasteiger partial charge in [0.1, 0.15) is 0 Å². The molecule has 0 bridgehead atoms. The van der Waals surface area contributed by atoms with Gasteiger partial charge in [-0.15, -0.1) is 5.10 Å². The van der Waals surface area contributed by atoms with Crippen LogP contribution in [-0.4, -0.2) is 37.5 Å².